The Kier molecular flexibility index (Phi) is 7.68. The quantitative estimate of drug-likeness (QED) is 0.0773. The monoisotopic (exact) mass is 631 g/mol. The van der Waals surface area contributed by atoms with Gasteiger partial charge < -0.3 is 20.1 Å². The zero-order valence-electron chi connectivity index (χ0n) is 22.5. The molecular formula is C30H19ClF5N3O5. The van der Waals surface area contributed by atoms with E-state index in [1.54, 1.807) is 19.1 Å². The number of azo groups is 1. The molecule has 3 N–H and O–H groups in total. The van der Waals surface area contributed by atoms with Crippen molar-refractivity contribution < 1.29 is 46.8 Å². The molecule has 0 fully saturated rings. The lowest BCUT2D eigenvalue weighted by Gasteiger charge is -2.11. The Labute approximate surface area is 249 Å². The summed E-state index contributed by atoms with van der Waals surface area (Å²) in [4.78, 5) is 10.9. The Hall–Kier alpha value is -5.17. The third-order valence-electron chi connectivity index (χ3n) is 6.80. The molecule has 0 aliphatic rings. The first kappa shape index (κ1) is 30.3. The standard InChI is InChI=1S/C30H19ClF5N3O5/c1-13-3-5-18(7-14(13)2)39-23-10-16(30(34,35)36)9-21(33)25(23)26(28(39)41)38-37-22-12-17(31)11-19(27(22)40)15-4-6-20(32)24(8-15)44-29(42)43/h3-12,40-41H,1-2H3,(H,42,43). The van der Waals surface area contributed by atoms with Gasteiger partial charge >= 0.3 is 12.3 Å². The fraction of sp³-hybridized carbons (Fsp3) is 0.100. The number of ether oxygens (including phenoxy) is 1. The van der Waals surface area contributed by atoms with Gasteiger partial charge in [0, 0.05) is 16.3 Å². The molecule has 1 aromatic heterocycles. The van der Waals surface area contributed by atoms with Crippen molar-refractivity contribution in [2.75, 3.05) is 0 Å². The van der Waals surface area contributed by atoms with E-state index in [1.165, 1.54) is 18.2 Å². The molecular weight excluding hydrogens is 613 g/mol. The van der Waals surface area contributed by atoms with Crippen molar-refractivity contribution in [2.24, 2.45) is 10.2 Å². The highest BCUT2D eigenvalue weighted by molar-refractivity contribution is 6.31. The molecule has 0 atom stereocenters. The molecule has 0 aliphatic heterocycles. The largest absolute Gasteiger partial charge is 0.511 e. The second-order valence-corrected chi connectivity index (χ2v) is 10.1. The van der Waals surface area contributed by atoms with Gasteiger partial charge in [0.2, 0.25) is 5.88 Å². The summed E-state index contributed by atoms with van der Waals surface area (Å²) in [5.41, 5.74) is -0.657. The van der Waals surface area contributed by atoms with Crippen LogP contribution in [0, 0.1) is 25.5 Å². The Morgan fingerprint density at radius 3 is 2.30 bits per heavy atom. The summed E-state index contributed by atoms with van der Waals surface area (Å²) in [5.74, 6) is -4.31. The van der Waals surface area contributed by atoms with Crippen LogP contribution in [0.1, 0.15) is 16.7 Å². The van der Waals surface area contributed by atoms with Crippen LogP contribution in [0.3, 0.4) is 0 Å². The van der Waals surface area contributed by atoms with Gasteiger partial charge in [0.1, 0.15) is 11.5 Å². The van der Waals surface area contributed by atoms with E-state index < -0.39 is 58.0 Å². The highest BCUT2D eigenvalue weighted by Crippen LogP contribution is 2.47. The van der Waals surface area contributed by atoms with Crippen LogP contribution < -0.4 is 4.74 Å². The van der Waals surface area contributed by atoms with Crippen LogP contribution in [0.15, 0.2) is 70.9 Å². The van der Waals surface area contributed by atoms with Gasteiger partial charge in [-0.3, -0.25) is 4.57 Å². The van der Waals surface area contributed by atoms with Crippen LogP contribution in [0.5, 0.6) is 17.4 Å². The third-order valence-corrected chi connectivity index (χ3v) is 7.02. The maximum Gasteiger partial charge on any atom is 0.511 e. The van der Waals surface area contributed by atoms with Crippen molar-refractivity contribution in [1.29, 1.82) is 0 Å². The number of nitrogens with zero attached hydrogens (tertiary/aromatic N) is 3. The molecule has 5 rings (SSSR count). The summed E-state index contributed by atoms with van der Waals surface area (Å²) < 4.78 is 75.6. The van der Waals surface area contributed by atoms with Crippen LogP contribution in [0.25, 0.3) is 27.7 Å². The first-order chi connectivity index (χ1) is 20.6. The maximum atomic E-state index is 15.3. The van der Waals surface area contributed by atoms with Gasteiger partial charge in [0.25, 0.3) is 0 Å². The van der Waals surface area contributed by atoms with Gasteiger partial charge in [-0.25, -0.2) is 13.6 Å². The molecule has 1 heterocycles. The van der Waals surface area contributed by atoms with Crippen LogP contribution in [-0.2, 0) is 6.18 Å². The van der Waals surface area contributed by atoms with Crippen molar-refractivity contribution in [3.63, 3.8) is 0 Å². The van der Waals surface area contributed by atoms with E-state index in [4.69, 9.17) is 16.7 Å². The van der Waals surface area contributed by atoms with Crippen molar-refractivity contribution in [2.45, 2.75) is 20.0 Å². The minimum atomic E-state index is -4.90. The molecule has 0 amide bonds. The van der Waals surface area contributed by atoms with Gasteiger partial charge in [-0.05, 0) is 79.1 Å². The number of aryl methyl sites for hydroxylation is 2. The Morgan fingerprint density at radius 2 is 1.64 bits per heavy atom. The molecule has 226 valence electrons. The van der Waals surface area contributed by atoms with E-state index in [0.29, 0.717) is 6.07 Å². The lowest BCUT2D eigenvalue weighted by Crippen LogP contribution is -2.06. The molecule has 0 unspecified atom stereocenters. The molecule has 0 saturated carbocycles. The van der Waals surface area contributed by atoms with E-state index in [9.17, 15) is 32.6 Å². The lowest BCUT2D eigenvalue weighted by atomic mass is 10.0. The van der Waals surface area contributed by atoms with Gasteiger partial charge in [-0.1, -0.05) is 23.7 Å². The highest BCUT2D eigenvalue weighted by atomic mass is 35.5. The summed E-state index contributed by atoms with van der Waals surface area (Å²) >= 11 is 6.20. The number of alkyl halides is 3. The fourth-order valence-electron chi connectivity index (χ4n) is 4.55. The van der Waals surface area contributed by atoms with Gasteiger partial charge in [-0.15, -0.1) is 10.2 Å². The third kappa shape index (κ3) is 5.61. The average molecular weight is 632 g/mol. The summed E-state index contributed by atoms with van der Waals surface area (Å²) in [6.07, 6.45) is -6.68. The SMILES string of the molecule is Cc1ccc(-n2c(O)c(N=Nc3cc(Cl)cc(-c4ccc(F)c(OC(=O)O)c4)c3O)c3c(F)cc(C(F)(F)F)cc32)cc1C. The zero-order chi connectivity index (χ0) is 32.1. The number of phenolic OH excluding ortho intramolecular Hbond substituents is 1. The summed E-state index contributed by atoms with van der Waals surface area (Å²) in [6, 6.07) is 11.2. The number of phenols is 1. The minimum Gasteiger partial charge on any atom is -0.505 e. The van der Waals surface area contributed by atoms with Gasteiger partial charge in [-0.2, -0.15) is 13.2 Å². The van der Waals surface area contributed by atoms with Crippen molar-refractivity contribution in [1.82, 2.24) is 4.57 Å². The second kappa shape index (κ2) is 11.2. The summed E-state index contributed by atoms with van der Waals surface area (Å²) in [5, 5.41) is 38.3. The smallest absolute Gasteiger partial charge is 0.505 e. The average Bonchev–Trinajstić information content (AvgIpc) is 3.22. The molecule has 4 aromatic carbocycles. The Morgan fingerprint density at radius 1 is 0.909 bits per heavy atom. The first-order valence-electron chi connectivity index (χ1n) is 12.5. The number of carboxylic acid groups (broad SMARTS) is 1. The fourth-order valence-corrected chi connectivity index (χ4v) is 4.76. The number of halogens is 6. The van der Waals surface area contributed by atoms with Crippen molar-refractivity contribution in [3.8, 4) is 34.2 Å². The normalized spacial score (nSPS) is 11.9. The van der Waals surface area contributed by atoms with Crippen LogP contribution in [-0.4, -0.2) is 26.0 Å². The van der Waals surface area contributed by atoms with Crippen molar-refractivity contribution >= 4 is 40.0 Å². The number of hydrogen-bond donors (Lipinski definition) is 3. The minimum absolute atomic E-state index is 0.0143. The number of carbonyl (C=O) groups is 1. The van der Waals surface area contributed by atoms with E-state index in [-0.39, 0.29) is 39.1 Å². The van der Waals surface area contributed by atoms with E-state index in [0.717, 1.165) is 33.9 Å². The topological polar surface area (TPSA) is 117 Å². The highest BCUT2D eigenvalue weighted by Gasteiger charge is 2.34. The Balaban J connectivity index is 1.69. The lowest BCUT2D eigenvalue weighted by molar-refractivity contribution is -0.137. The number of aromatic nitrogens is 1. The van der Waals surface area contributed by atoms with Gasteiger partial charge in [0.05, 0.1) is 16.5 Å². The van der Waals surface area contributed by atoms with Gasteiger partial charge in [0.15, 0.2) is 23.0 Å². The summed E-state index contributed by atoms with van der Waals surface area (Å²) in [6.45, 7) is 3.56. The second-order valence-electron chi connectivity index (χ2n) is 9.66. The molecule has 0 bridgehead atoms. The molecule has 0 saturated heterocycles. The van der Waals surface area contributed by atoms with Crippen LogP contribution in [0.2, 0.25) is 5.02 Å². The molecule has 0 spiro atoms. The van der Waals surface area contributed by atoms with Crippen LogP contribution in [0.4, 0.5) is 38.1 Å². The predicted molar refractivity (Wildman–Crippen MR) is 151 cm³/mol. The molecule has 8 nitrogen and oxygen atoms in total. The summed E-state index contributed by atoms with van der Waals surface area (Å²) in [7, 11) is 0. The molecule has 14 heteroatoms. The molecule has 0 radical (unpaired) electrons. The van der Waals surface area contributed by atoms with E-state index in [2.05, 4.69) is 15.0 Å². The number of fused-ring (bicyclic) bond motifs is 1. The number of aromatic hydroxyl groups is 2. The zero-order valence-corrected chi connectivity index (χ0v) is 23.3. The molecule has 5 aromatic rings. The van der Waals surface area contributed by atoms with Crippen molar-refractivity contribution in [3.05, 3.63) is 94.0 Å². The van der Waals surface area contributed by atoms with E-state index in [1.807, 2.05) is 6.92 Å². The maximum absolute atomic E-state index is 15.3. The molecule has 44 heavy (non-hydrogen) atoms. The number of benzene rings is 4. The number of rotatable bonds is 5. The first-order valence-corrected chi connectivity index (χ1v) is 12.9. The van der Waals surface area contributed by atoms with E-state index >= 15 is 4.39 Å². The van der Waals surface area contributed by atoms with Crippen LogP contribution >= 0.6 is 11.6 Å². The predicted octanol–water partition coefficient (Wildman–Crippen LogP) is 9.75. The number of hydrogen-bond acceptors (Lipinski definition) is 6. The Bertz CT molecular complexity index is 2010. The molecule has 0 aliphatic carbocycles.